The molecular weight excluding hydrogens is 130 g/mol. The first-order chi connectivity index (χ1) is 4.68. The van der Waals surface area contributed by atoms with Gasteiger partial charge in [-0.15, -0.1) is 0 Å². The molecule has 0 bridgehead atoms. The Morgan fingerprint density at radius 2 is 2.40 bits per heavy atom. The molecule has 0 aromatic heterocycles. The van der Waals surface area contributed by atoms with Crippen LogP contribution in [0.15, 0.2) is 0 Å². The largest absolute Gasteiger partial charge is 0.447 e. The van der Waals surface area contributed by atoms with Crippen molar-refractivity contribution in [3.05, 3.63) is 0 Å². The van der Waals surface area contributed by atoms with E-state index in [1.165, 1.54) is 6.92 Å². The first-order valence-corrected chi connectivity index (χ1v) is 3.59. The third-order valence-corrected chi connectivity index (χ3v) is 1.62. The Balaban J connectivity index is 2.24. The van der Waals surface area contributed by atoms with Gasteiger partial charge in [0, 0.05) is 19.9 Å². The Bertz CT molecular complexity index is 136. The molecule has 3 nitrogen and oxygen atoms in total. The fraction of sp³-hybridized carbons (Fsp3) is 0.857. The molecule has 1 fully saturated rings. The zero-order chi connectivity index (χ0) is 7.56. The minimum Gasteiger partial charge on any atom is -0.447 e. The molecule has 10 heavy (non-hydrogen) atoms. The van der Waals surface area contributed by atoms with E-state index >= 15 is 0 Å². The van der Waals surface area contributed by atoms with Crippen molar-refractivity contribution < 1.29 is 9.53 Å². The van der Waals surface area contributed by atoms with Gasteiger partial charge in [0.05, 0.1) is 0 Å². The fourth-order valence-corrected chi connectivity index (χ4v) is 1.15. The molecular formula is C7H13NO2. The van der Waals surface area contributed by atoms with E-state index in [-0.39, 0.29) is 12.2 Å². The van der Waals surface area contributed by atoms with Crippen LogP contribution in [0.1, 0.15) is 20.3 Å². The number of carbonyl (C=O) groups excluding carboxylic acids is 1. The van der Waals surface area contributed by atoms with E-state index in [2.05, 4.69) is 12.2 Å². The number of carbonyl (C=O) groups is 1. The quantitative estimate of drug-likeness (QED) is 0.543. The zero-order valence-corrected chi connectivity index (χ0v) is 6.39. The van der Waals surface area contributed by atoms with Crippen molar-refractivity contribution in [3.8, 4) is 0 Å². The van der Waals surface area contributed by atoms with Crippen molar-refractivity contribution in [2.45, 2.75) is 26.5 Å². The summed E-state index contributed by atoms with van der Waals surface area (Å²) in [7, 11) is 0. The van der Waals surface area contributed by atoms with Crippen molar-refractivity contribution in [1.82, 2.24) is 5.32 Å². The molecule has 2 atom stereocenters. The maximum absolute atomic E-state index is 10.4. The van der Waals surface area contributed by atoms with E-state index in [1.54, 1.807) is 0 Å². The Morgan fingerprint density at radius 1 is 1.70 bits per heavy atom. The molecule has 1 aliphatic rings. The summed E-state index contributed by atoms with van der Waals surface area (Å²) in [6.45, 7) is 4.53. The van der Waals surface area contributed by atoms with Crippen molar-refractivity contribution in [2.24, 2.45) is 5.92 Å². The van der Waals surface area contributed by atoms with Gasteiger partial charge in [-0.25, -0.2) is 0 Å². The van der Waals surface area contributed by atoms with Crippen LogP contribution in [-0.4, -0.2) is 18.7 Å². The molecule has 58 valence electrons. The van der Waals surface area contributed by atoms with Crippen LogP contribution in [0.4, 0.5) is 0 Å². The van der Waals surface area contributed by atoms with E-state index in [1.807, 2.05) is 0 Å². The summed E-state index contributed by atoms with van der Waals surface area (Å²) in [6.07, 6.45) is 0.909. The van der Waals surface area contributed by atoms with Crippen LogP contribution < -0.4 is 5.32 Å². The molecule has 0 aliphatic carbocycles. The molecule has 1 aliphatic heterocycles. The predicted molar refractivity (Wildman–Crippen MR) is 37.3 cm³/mol. The average molecular weight is 143 g/mol. The van der Waals surface area contributed by atoms with Gasteiger partial charge in [0.2, 0.25) is 0 Å². The summed E-state index contributed by atoms with van der Waals surface area (Å²) in [6, 6.07) is 0. The van der Waals surface area contributed by atoms with Crippen LogP contribution in [0.3, 0.4) is 0 Å². The standard InChI is InChI=1S/C7H13NO2/c1-5-3-7(8-4-5)10-6(2)9/h5,7-8H,3-4H2,1-2H3. The summed E-state index contributed by atoms with van der Waals surface area (Å²) >= 11 is 0. The smallest absolute Gasteiger partial charge is 0.304 e. The van der Waals surface area contributed by atoms with Gasteiger partial charge in [0.1, 0.15) is 0 Å². The summed E-state index contributed by atoms with van der Waals surface area (Å²) in [4.78, 5) is 10.4. The SMILES string of the molecule is CC(=O)OC1CC(C)CN1. The lowest BCUT2D eigenvalue weighted by atomic mass is 10.1. The van der Waals surface area contributed by atoms with Crippen LogP contribution in [0.5, 0.6) is 0 Å². The Hall–Kier alpha value is -0.570. The number of rotatable bonds is 1. The van der Waals surface area contributed by atoms with Gasteiger partial charge < -0.3 is 4.74 Å². The van der Waals surface area contributed by atoms with Gasteiger partial charge in [-0.3, -0.25) is 10.1 Å². The van der Waals surface area contributed by atoms with Gasteiger partial charge in [0.15, 0.2) is 6.23 Å². The average Bonchev–Trinajstić information content (AvgIpc) is 2.13. The molecule has 0 aromatic rings. The maximum Gasteiger partial charge on any atom is 0.304 e. The molecule has 2 unspecified atom stereocenters. The third kappa shape index (κ3) is 1.99. The normalized spacial score (nSPS) is 32.2. The van der Waals surface area contributed by atoms with Gasteiger partial charge in [-0.2, -0.15) is 0 Å². The van der Waals surface area contributed by atoms with Crippen LogP contribution in [0, 0.1) is 5.92 Å². The summed E-state index contributed by atoms with van der Waals surface area (Å²) in [5.41, 5.74) is 0. The summed E-state index contributed by atoms with van der Waals surface area (Å²) in [5, 5.41) is 3.09. The van der Waals surface area contributed by atoms with Crippen LogP contribution in [0.25, 0.3) is 0 Å². The van der Waals surface area contributed by atoms with E-state index in [0.29, 0.717) is 5.92 Å². The topological polar surface area (TPSA) is 38.3 Å². The lowest BCUT2D eigenvalue weighted by Crippen LogP contribution is -2.26. The summed E-state index contributed by atoms with van der Waals surface area (Å²) in [5.74, 6) is 0.427. The van der Waals surface area contributed by atoms with Crippen LogP contribution >= 0.6 is 0 Å². The molecule has 0 spiro atoms. The van der Waals surface area contributed by atoms with E-state index < -0.39 is 0 Å². The van der Waals surface area contributed by atoms with E-state index in [0.717, 1.165) is 13.0 Å². The second kappa shape index (κ2) is 3.01. The van der Waals surface area contributed by atoms with Crippen molar-refractivity contribution in [1.29, 1.82) is 0 Å². The van der Waals surface area contributed by atoms with E-state index in [4.69, 9.17) is 4.74 Å². The Kier molecular flexibility index (Phi) is 2.27. The Morgan fingerprint density at radius 3 is 2.80 bits per heavy atom. The number of hydrogen-bond donors (Lipinski definition) is 1. The minimum atomic E-state index is -0.202. The third-order valence-electron chi connectivity index (χ3n) is 1.62. The number of nitrogens with one attached hydrogen (secondary N) is 1. The van der Waals surface area contributed by atoms with Crippen molar-refractivity contribution in [3.63, 3.8) is 0 Å². The lowest BCUT2D eigenvalue weighted by molar-refractivity contribution is -0.147. The van der Waals surface area contributed by atoms with Crippen molar-refractivity contribution >= 4 is 5.97 Å². The molecule has 1 N–H and O–H groups in total. The first kappa shape index (κ1) is 7.54. The maximum atomic E-state index is 10.4. The zero-order valence-electron chi connectivity index (χ0n) is 6.39. The van der Waals surface area contributed by atoms with Crippen LogP contribution in [-0.2, 0) is 9.53 Å². The minimum absolute atomic E-state index is 0.0347. The highest BCUT2D eigenvalue weighted by molar-refractivity contribution is 5.66. The molecule has 1 saturated heterocycles. The van der Waals surface area contributed by atoms with Gasteiger partial charge in [-0.05, 0) is 5.92 Å². The molecule has 3 heteroatoms. The predicted octanol–water partition coefficient (Wildman–Crippen LogP) is 0.505. The molecule has 1 heterocycles. The monoisotopic (exact) mass is 143 g/mol. The highest BCUT2D eigenvalue weighted by Crippen LogP contribution is 2.13. The van der Waals surface area contributed by atoms with Gasteiger partial charge >= 0.3 is 5.97 Å². The molecule has 0 amide bonds. The lowest BCUT2D eigenvalue weighted by Gasteiger charge is -2.08. The molecule has 1 rings (SSSR count). The number of hydrogen-bond acceptors (Lipinski definition) is 3. The Labute approximate surface area is 60.7 Å². The second-order valence-electron chi connectivity index (χ2n) is 2.85. The van der Waals surface area contributed by atoms with Gasteiger partial charge in [0.25, 0.3) is 0 Å². The van der Waals surface area contributed by atoms with Crippen LogP contribution in [0.2, 0.25) is 0 Å². The van der Waals surface area contributed by atoms with E-state index in [9.17, 15) is 4.79 Å². The highest BCUT2D eigenvalue weighted by atomic mass is 16.6. The number of esters is 1. The number of ether oxygens (including phenoxy) is 1. The first-order valence-electron chi connectivity index (χ1n) is 3.59. The summed E-state index contributed by atoms with van der Waals surface area (Å²) < 4.78 is 4.93. The highest BCUT2D eigenvalue weighted by Gasteiger charge is 2.22. The molecule has 0 radical (unpaired) electrons. The molecule has 0 saturated carbocycles. The fourth-order valence-electron chi connectivity index (χ4n) is 1.15. The van der Waals surface area contributed by atoms with Gasteiger partial charge in [-0.1, -0.05) is 6.92 Å². The second-order valence-corrected chi connectivity index (χ2v) is 2.85. The molecule has 0 aromatic carbocycles. The van der Waals surface area contributed by atoms with Crippen molar-refractivity contribution in [2.75, 3.05) is 6.54 Å².